The predicted octanol–water partition coefficient (Wildman–Crippen LogP) is 3.62. The molecule has 2 aromatic heterocycles. The van der Waals surface area contributed by atoms with Gasteiger partial charge in [0.05, 0.1) is 12.7 Å². The quantitative estimate of drug-likeness (QED) is 0.627. The van der Waals surface area contributed by atoms with Crippen molar-refractivity contribution in [1.29, 1.82) is 0 Å². The van der Waals surface area contributed by atoms with Crippen molar-refractivity contribution >= 4 is 44.1 Å². The molecule has 4 rings (SSSR count). The average Bonchev–Trinajstić information content (AvgIpc) is 3.17. The van der Waals surface area contributed by atoms with Gasteiger partial charge in [-0.1, -0.05) is 41.7 Å². The van der Waals surface area contributed by atoms with Gasteiger partial charge in [0.25, 0.3) is 0 Å². The summed E-state index contributed by atoms with van der Waals surface area (Å²) in [5, 5.41) is 14.0. The topological polar surface area (TPSA) is 68.0 Å². The van der Waals surface area contributed by atoms with E-state index in [1.807, 2.05) is 36.4 Å². The Labute approximate surface area is 129 Å². The van der Waals surface area contributed by atoms with Gasteiger partial charge >= 0.3 is 0 Å². The van der Waals surface area contributed by atoms with Gasteiger partial charge in [0, 0.05) is 10.9 Å². The van der Waals surface area contributed by atoms with Crippen molar-refractivity contribution in [3.05, 3.63) is 53.7 Å². The average molecular weight is 309 g/mol. The Morgan fingerprint density at radius 3 is 3.00 bits per heavy atom. The number of nitrogens with zero attached hydrogens (tertiary/aromatic N) is 2. The molecule has 0 spiro atoms. The van der Waals surface area contributed by atoms with Crippen LogP contribution in [0.2, 0.25) is 0 Å². The Kier molecular flexibility index (Phi) is 3.08. The van der Waals surface area contributed by atoms with Gasteiger partial charge in [0.15, 0.2) is 0 Å². The fourth-order valence-electron chi connectivity index (χ4n) is 2.57. The Hall–Kier alpha value is -2.73. The number of rotatable bonds is 3. The van der Waals surface area contributed by atoms with Gasteiger partial charge in [-0.2, -0.15) is 0 Å². The lowest BCUT2D eigenvalue weighted by Gasteiger charge is -2.02. The zero-order valence-electron chi connectivity index (χ0n) is 11.4. The van der Waals surface area contributed by atoms with E-state index in [1.165, 1.54) is 11.3 Å². The van der Waals surface area contributed by atoms with E-state index in [2.05, 4.69) is 15.5 Å². The van der Waals surface area contributed by atoms with E-state index >= 15 is 0 Å². The molecule has 2 heterocycles. The lowest BCUT2D eigenvalue weighted by molar-refractivity contribution is -0.115. The largest absolute Gasteiger partial charge is 0.464 e. The standard InChI is InChI=1S/C16H11N3O2S/c20-14(18-16-19-17-9-22-16)7-11-8-21-13-6-5-10-3-1-2-4-12(10)15(11)13/h1-6,8-9H,7H2,(H,18,19,20). The molecule has 22 heavy (non-hydrogen) atoms. The van der Waals surface area contributed by atoms with E-state index in [-0.39, 0.29) is 12.3 Å². The van der Waals surface area contributed by atoms with Crippen molar-refractivity contribution in [3.8, 4) is 0 Å². The third-order valence-corrected chi connectivity index (χ3v) is 4.10. The summed E-state index contributed by atoms with van der Waals surface area (Å²) in [6.45, 7) is 0. The van der Waals surface area contributed by atoms with Crippen LogP contribution in [0.15, 0.2) is 52.6 Å². The number of fused-ring (bicyclic) bond motifs is 3. The van der Waals surface area contributed by atoms with Gasteiger partial charge in [0.1, 0.15) is 11.1 Å². The molecule has 4 aromatic rings. The van der Waals surface area contributed by atoms with E-state index in [1.54, 1.807) is 11.8 Å². The maximum absolute atomic E-state index is 12.1. The molecule has 1 amide bonds. The monoisotopic (exact) mass is 309 g/mol. The van der Waals surface area contributed by atoms with Crippen LogP contribution in [0.5, 0.6) is 0 Å². The van der Waals surface area contributed by atoms with Crippen LogP contribution in [0.3, 0.4) is 0 Å². The van der Waals surface area contributed by atoms with Crippen LogP contribution >= 0.6 is 11.3 Å². The van der Waals surface area contributed by atoms with Gasteiger partial charge in [-0.3, -0.25) is 4.79 Å². The molecule has 0 aliphatic rings. The molecule has 0 atom stereocenters. The molecule has 0 saturated heterocycles. The highest BCUT2D eigenvalue weighted by molar-refractivity contribution is 7.13. The van der Waals surface area contributed by atoms with E-state index < -0.39 is 0 Å². The van der Waals surface area contributed by atoms with Crippen LogP contribution in [0.1, 0.15) is 5.56 Å². The normalized spacial score (nSPS) is 11.1. The second-order valence-corrected chi connectivity index (χ2v) is 5.72. The summed E-state index contributed by atoms with van der Waals surface area (Å²) >= 11 is 1.29. The lowest BCUT2D eigenvalue weighted by atomic mass is 10.0. The first-order chi connectivity index (χ1) is 10.8. The molecule has 0 fully saturated rings. The number of carbonyl (C=O) groups is 1. The predicted molar refractivity (Wildman–Crippen MR) is 86.0 cm³/mol. The lowest BCUT2D eigenvalue weighted by Crippen LogP contribution is -2.14. The highest BCUT2D eigenvalue weighted by Gasteiger charge is 2.13. The molecule has 0 saturated carbocycles. The van der Waals surface area contributed by atoms with Crippen molar-refractivity contribution in [3.63, 3.8) is 0 Å². The molecule has 0 aliphatic heterocycles. The minimum absolute atomic E-state index is 0.132. The van der Waals surface area contributed by atoms with Crippen molar-refractivity contribution in [2.75, 3.05) is 5.32 Å². The summed E-state index contributed by atoms with van der Waals surface area (Å²) in [4.78, 5) is 12.1. The summed E-state index contributed by atoms with van der Waals surface area (Å²) in [7, 11) is 0. The van der Waals surface area contributed by atoms with Crippen LogP contribution in [0, 0.1) is 0 Å². The molecule has 6 heteroatoms. The zero-order valence-corrected chi connectivity index (χ0v) is 12.3. The molecule has 108 valence electrons. The molecule has 0 radical (unpaired) electrons. The Balaban J connectivity index is 1.72. The first-order valence-corrected chi connectivity index (χ1v) is 7.63. The molecule has 0 bridgehead atoms. The van der Waals surface area contributed by atoms with E-state index in [0.29, 0.717) is 5.13 Å². The summed E-state index contributed by atoms with van der Waals surface area (Å²) in [6, 6.07) is 12.0. The van der Waals surface area contributed by atoms with Crippen LogP contribution in [0.25, 0.3) is 21.7 Å². The van der Waals surface area contributed by atoms with Crippen molar-refractivity contribution in [2.45, 2.75) is 6.42 Å². The fraction of sp³-hybridized carbons (Fsp3) is 0.0625. The summed E-state index contributed by atoms with van der Waals surface area (Å²) in [5.74, 6) is -0.132. The molecule has 0 aliphatic carbocycles. The summed E-state index contributed by atoms with van der Waals surface area (Å²) in [5.41, 5.74) is 3.24. The maximum atomic E-state index is 12.1. The number of amides is 1. The minimum Gasteiger partial charge on any atom is -0.464 e. The van der Waals surface area contributed by atoms with E-state index in [0.717, 1.165) is 27.3 Å². The van der Waals surface area contributed by atoms with Crippen LogP contribution in [0.4, 0.5) is 5.13 Å². The zero-order chi connectivity index (χ0) is 14.9. The van der Waals surface area contributed by atoms with Crippen molar-refractivity contribution < 1.29 is 9.21 Å². The molecule has 2 aromatic carbocycles. The molecule has 5 nitrogen and oxygen atoms in total. The minimum atomic E-state index is -0.132. The number of aromatic nitrogens is 2. The number of hydrogen-bond donors (Lipinski definition) is 1. The first-order valence-electron chi connectivity index (χ1n) is 6.75. The number of benzene rings is 2. The highest BCUT2D eigenvalue weighted by atomic mass is 32.1. The van der Waals surface area contributed by atoms with Crippen LogP contribution < -0.4 is 5.32 Å². The van der Waals surface area contributed by atoms with Gasteiger partial charge in [-0.05, 0) is 16.8 Å². The van der Waals surface area contributed by atoms with E-state index in [4.69, 9.17) is 4.42 Å². The molecule has 1 N–H and O–H groups in total. The highest BCUT2D eigenvalue weighted by Crippen LogP contribution is 2.30. The second-order valence-electron chi connectivity index (χ2n) is 4.89. The SMILES string of the molecule is O=C(Cc1coc2ccc3ccccc3c12)Nc1nncs1. The maximum Gasteiger partial charge on any atom is 0.230 e. The Morgan fingerprint density at radius 2 is 2.14 bits per heavy atom. The number of anilines is 1. The van der Waals surface area contributed by atoms with Crippen molar-refractivity contribution in [1.82, 2.24) is 10.2 Å². The van der Waals surface area contributed by atoms with Gasteiger partial charge in [-0.15, -0.1) is 10.2 Å². The second kappa shape index (κ2) is 5.23. The Morgan fingerprint density at radius 1 is 1.23 bits per heavy atom. The number of furan rings is 1. The smallest absolute Gasteiger partial charge is 0.230 e. The molecular formula is C16H11N3O2S. The third-order valence-electron chi connectivity index (χ3n) is 3.50. The van der Waals surface area contributed by atoms with Crippen molar-refractivity contribution in [2.24, 2.45) is 0 Å². The molecular weight excluding hydrogens is 298 g/mol. The summed E-state index contributed by atoms with van der Waals surface area (Å²) < 4.78 is 5.59. The van der Waals surface area contributed by atoms with Crippen LogP contribution in [-0.4, -0.2) is 16.1 Å². The fourth-order valence-corrected chi connectivity index (χ4v) is 3.03. The Bertz CT molecular complexity index is 960. The van der Waals surface area contributed by atoms with Gasteiger partial charge in [0.2, 0.25) is 11.0 Å². The van der Waals surface area contributed by atoms with Gasteiger partial charge in [-0.25, -0.2) is 0 Å². The van der Waals surface area contributed by atoms with E-state index in [9.17, 15) is 4.79 Å². The molecule has 0 unspecified atom stereocenters. The third kappa shape index (κ3) is 2.23. The summed E-state index contributed by atoms with van der Waals surface area (Å²) in [6.07, 6.45) is 1.89. The number of nitrogens with one attached hydrogen (secondary N) is 1. The number of hydrogen-bond acceptors (Lipinski definition) is 5. The number of carbonyl (C=O) groups excluding carboxylic acids is 1. The van der Waals surface area contributed by atoms with Crippen LogP contribution in [-0.2, 0) is 11.2 Å². The van der Waals surface area contributed by atoms with Gasteiger partial charge < -0.3 is 9.73 Å². The first kappa shape index (κ1) is 13.0.